The average Bonchev–Trinajstić information content (AvgIpc) is 3.31. The molecule has 1 aliphatic rings. The summed E-state index contributed by atoms with van der Waals surface area (Å²) in [6.45, 7) is 3.19. The van der Waals surface area contributed by atoms with Crippen LogP contribution in [0.25, 0.3) is 0 Å². The van der Waals surface area contributed by atoms with Crippen LogP contribution in [-0.2, 0) is 32.7 Å². The fourth-order valence-electron chi connectivity index (χ4n) is 7.69. The molecule has 388 valence electrons. The molecule has 0 aromatic carbocycles. The lowest BCUT2D eigenvalue weighted by molar-refractivity contribution is -0.220. The highest BCUT2D eigenvalue weighted by Crippen LogP contribution is 2.47. The zero-order chi connectivity index (χ0) is 49.2. The molecule has 0 amide bonds. The maximum absolute atomic E-state index is 12.9. The number of aliphatic hydroxyl groups excluding tert-OH is 5. The molecule has 1 fully saturated rings. The van der Waals surface area contributed by atoms with Gasteiger partial charge in [-0.15, -0.1) is 0 Å². The second-order valence-electron chi connectivity index (χ2n) is 18.0. The Hall–Kier alpha value is -2.45. The molecule has 6 N–H and O–H groups in total. The van der Waals surface area contributed by atoms with Gasteiger partial charge in [-0.1, -0.05) is 177 Å². The molecule has 0 aromatic heterocycles. The van der Waals surface area contributed by atoms with E-state index in [9.17, 15) is 44.6 Å². The summed E-state index contributed by atoms with van der Waals surface area (Å²) < 4.78 is 33.6. The monoisotopic (exact) mass is 969 g/mol. The number of carbonyl (C=O) groups is 2. The van der Waals surface area contributed by atoms with E-state index in [-0.39, 0.29) is 12.8 Å². The zero-order valence-electron chi connectivity index (χ0n) is 41.4. The first kappa shape index (κ1) is 62.6. The summed E-state index contributed by atoms with van der Waals surface area (Å²) in [5.41, 5.74) is 0. The van der Waals surface area contributed by atoms with Crippen LogP contribution in [0, 0.1) is 0 Å². The van der Waals surface area contributed by atoms with Gasteiger partial charge in [0.1, 0.15) is 43.2 Å². The quantitative estimate of drug-likeness (QED) is 0.0146. The Kier molecular flexibility index (Phi) is 39.6. The summed E-state index contributed by atoms with van der Waals surface area (Å²) in [5.74, 6) is -1.11. The first-order valence-electron chi connectivity index (χ1n) is 26.1. The fraction of sp³-hybridized carbons (Fsp3) is 0.774. The predicted octanol–water partition coefficient (Wildman–Crippen LogP) is 11.3. The summed E-state index contributed by atoms with van der Waals surface area (Å²) in [6, 6.07) is 0. The maximum atomic E-state index is 12.9. The summed E-state index contributed by atoms with van der Waals surface area (Å²) in [5, 5.41) is 50.3. The molecule has 1 rings (SSSR count). The Bertz CT molecular complexity index is 1400. The van der Waals surface area contributed by atoms with E-state index in [4.69, 9.17) is 18.5 Å². The van der Waals surface area contributed by atoms with E-state index in [1.165, 1.54) is 64.2 Å². The van der Waals surface area contributed by atoms with Crippen molar-refractivity contribution in [2.75, 3.05) is 13.2 Å². The predicted molar refractivity (Wildman–Crippen MR) is 267 cm³/mol. The van der Waals surface area contributed by atoms with Gasteiger partial charge in [-0.3, -0.25) is 18.6 Å². The van der Waals surface area contributed by atoms with Crippen LogP contribution < -0.4 is 0 Å². The SMILES string of the molecule is CC/C=C\C/C=C\C/C=C\CCCCCCCCCC(=O)OC(COC(=O)CCCCCCCCCCC/C=C\C/C=C\CCCCCCC)COP(=O)(O)OC1C(O)C(O)C(O)C(O)C1O. The first-order chi connectivity index (χ1) is 32.4. The van der Waals surface area contributed by atoms with E-state index < -0.39 is 75.7 Å². The second kappa shape index (κ2) is 42.4. The summed E-state index contributed by atoms with van der Waals surface area (Å²) >= 11 is 0. The van der Waals surface area contributed by atoms with Crippen molar-refractivity contribution in [3.8, 4) is 0 Å². The zero-order valence-corrected chi connectivity index (χ0v) is 42.3. The van der Waals surface area contributed by atoms with Crippen LogP contribution in [0.15, 0.2) is 60.8 Å². The first-order valence-corrected chi connectivity index (χ1v) is 27.6. The highest BCUT2D eigenvalue weighted by molar-refractivity contribution is 7.47. The number of phosphoric acid groups is 1. The number of allylic oxidation sites excluding steroid dienone is 10. The molecule has 1 saturated carbocycles. The van der Waals surface area contributed by atoms with Crippen LogP contribution in [0.2, 0.25) is 0 Å². The van der Waals surface area contributed by atoms with Crippen LogP contribution >= 0.6 is 7.82 Å². The molecule has 14 heteroatoms. The molecule has 0 heterocycles. The van der Waals surface area contributed by atoms with Crippen molar-refractivity contribution < 1.29 is 63.1 Å². The third-order valence-electron chi connectivity index (χ3n) is 11.8. The minimum atomic E-state index is -5.13. The molecular weight excluding hydrogens is 876 g/mol. The van der Waals surface area contributed by atoms with Gasteiger partial charge in [0.2, 0.25) is 0 Å². The Morgan fingerprint density at radius 1 is 0.478 bits per heavy atom. The van der Waals surface area contributed by atoms with Crippen molar-refractivity contribution >= 4 is 19.8 Å². The van der Waals surface area contributed by atoms with E-state index >= 15 is 0 Å². The van der Waals surface area contributed by atoms with Crippen LogP contribution in [0.4, 0.5) is 0 Å². The Balaban J connectivity index is 2.39. The lowest BCUT2D eigenvalue weighted by Crippen LogP contribution is -2.64. The minimum absolute atomic E-state index is 0.0826. The van der Waals surface area contributed by atoms with Gasteiger partial charge in [0.05, 0.1) is 6.61 Å². The molecular formula is C53H93O13P. The van der Waals surface area contributed by atoms with Crippen molar-refractivity contribution in [2.24, 2.45) is 0 Å². The normalized spacial score (nSPS) is 21.6. The molecule has 0 radical (unpaired) electrons. The number of hydrogen-bond acceptors (Lipinski definition) is 12. The smallest absolute Gasteiger partial charge is 0.462 e. The molecule has 1 aliphatic carbocycles. The molecule has 13 nitrogen and oxygen atoms in total. The van der Waals surface area contributed by atoms with Gasteiger partial charge in [-0.2, -0.15) is 0 Å². The van der Waals surface area contributed by atoms with Crippen molar-refractivity contribution in [1.82, 2.24) is 0 Å². The van der Waals surface area contributed by atoms with Crippen LogP contribution in [0.1, 0.15) is 206 Å². The van der Waals surface area contributed by atoms with E-state index in [0.29, 0.717) is 12.8 Å². The third-order valence-corrected chi connectivity index (χ3v) is 12.8. The average molecular weight is 969 g/mol. The van der Waals surface area contributed by atoms with Gasteiger partial charge < -0.3 is 39.9 Å². The van der Waals surface area contributed by atoms with E-state index in [2.05, 4.69) is 74.6 Å². The van der Waals surface area contributed by atoms with Gasteiger partial charge in [0.25, 0.3) is 0 Å². The topological polar surface area (TPSA) is 210 Å². The lowest BCUT2D eigenvalue weighted by atomic mass is 9.85. The fourth-order valence-corrected chi connectivity index (χ4v) is 8.66. The van der Waals surface area contributed by atoms with E-state index in [1.54, 1.807) is 0 Å². The van der Waals surface area contributed by atoms with Gasteiger partial charge in [-0.05, 0) is 77.0 Å². The summed E-state index contributed by atoms with van der Waals surface area (Å²) in [6.07, 6.45) is 39.7. The Morgan fingerprint density at radius 3 is 1.30 bits per heavy atom. The third kappa shape index (κ3) is 34.5. The summed E-state index contributed by atoms with van der Waals surface area (Å²) in [4.78, 5) is 35.9. The van der Waals surface area contributed by atoms with Crippen molar-refractivity contribution in [3.63, 3.8) is 0 Å². The molecule has 0 aromatic rings. The molecule has 6 unspecified atom stereocenters. The Labute approximate surface area is 404 Å². The number of phosphoric ester groups is 1. The van der Waals surface area contributed by atoms with Gasteiger partial charge >= 0.3 is 19.8 Å². The number of carbonyl (C=O) groups excluding carboxylic acids is 2. The van der Waals surface area contributed by atoms with Gasteiger partial charge in [-0.25, -0.2) is 4.57 Å². The Morgan fingerprint density at radius 2 is 0.851 bits per heavy atom. The van der Waals surface area contributed by atoms with Crippen molar-refractivity contribution in [1.29, 1.82) is 0 Å². The summed E-state index contributed by atoms with van der Waals surface area (Å²) in [7, 11) is -5.13. The van der Waals surface area contributed by atoms with Gasteiger partial charge in [0.15, 0.2) is 6.10 Å². The van der Waals surface area contributed by atoms with Crippen molar-refractivity contribution in [3.05, 3.63) is 60.8 Å². The number of ether oxygens (including phenoxy) is 2. The van der Waals surface area contributed by atoms with Crippen LogP contribution in [0.5, 0.6) is 0 Å². The number of aliphatic hydroxyl groups is 5. The standard InChI is InChI=1S/C53H93O13P/c1-3-5-7-9-11-13-15-17-19-21-22-23-24-26-27-29-31-33-35-37-39-41-46(54)63-43-45(44-64-67(61,62)66-53-51(59)49(57)48(56)50(58)52(53)60)65-47(55)42-40-38-36-34-32-30-28-25-20-18-16-14-12-10-8-6-4-2/h6,8,12,14-15,17-18,20-22,45,48-53,56-60H,3-5,7,9-11,13,16,19,23-44H2,1-2H3,(H,61,62)/b8-6-,14-12-,17-15-,20-18-,22-21-. The van der Waals surface area contributed by atoms with Gasteiger partial charge in [0, 0.05) is 12.8 Å². The largest absolute Gasteiger partial charge is 0.472 e. The molecule has 0 spiro atoms. The van der Waals surface area contributed by atoms with E-state index in [1.807, 2.05) is 0 Å². The number of esters is 2. The van der Waals surface area contributed by atoms with Crippen molar-refractivity contribution in [2.45, 2.75) is 249 Å². The second-order valence-corrected chi connectivity index (χ2v) is 19.4. The number of hydrogen-bond donors (Lipinski definition) is 6. The molecule has 0 bridgehead atoms. The lowest BCUT2D eigenvalue weighted by Gasteiger charge is -2.41. The molecule has 0 saturated heterocycles. The highest BCUT2D eigenvalue weighted by atomic mass is 31.2. The highest BCUT2D eigenvalue weighted by Gasteiger charge is 2.51. The maximum Gasteiger partial charge on any atom is 0.472 e. The van der Waals surface area contributed by atoms with Crippen LogP contribution in [-0.4, -0.2) is 98.3 Å². The molecule has 67 heavy (non-hydrogen) atoms. The van der Waals surface area contributed by atoms with Crippen LogP contribution in [0.3, 0.4) is 0 Å². The van der Waals surface area contributed by atoms with E-state index in [0.717, 1.165) is 103 Å². The minimum Gasteiger partial charge on any atom is -0.462 e. The molecule has 0 aliphatic heterocycles. The number of rotatable bonds is 43. The number of unbranched alkanes of at least 4 members (excludes halogenated alkanes) is 21. The molecule has 6 atom stereocenters.